The van der Waals surface area contributed by atoms with Crippen LogP contribution in [0.3, 0.4) is 0 Å². The predicted octanol–water partition coefficient (Wildman–Crippen LogP) is 1.34. The fraction of sp³-hybridized carbons (Fsp3) is 0.385. The van der Waals surface area contributed by atoms with E-state index in [0.717, 1.165) is 18.3 Å². The Morgan fingerprint density at radius 2 is 2.00 bits per heavy atom. The number of methoxy groups -OCH3 is 1. The summed E-state index contributed by atoms with van der Waals surface area (Å²) in [6.45, 7) is 2.19. The fourth-order valence-electron chi connectivity index (χ4n) is 1.78. The molecule has 7 heteroatoms. The Bertz CT molecular complexity index is 539. The molecule has 0 radical (unpaired) electrons. The van der Waals surface area contributed by atoms with E-state index >= 15 is 0 Å². The summed E-state index contributed by atoms with van der Waals surface area (Å²) in [7, 11) is 1.64. The molecule has 0 saturated carbocycles. The number of halogens is 2. The van der Waals surface area contributed by atoms with Crippen LogP contribution >= 0.6 is 0 Å². The van der Waals surface area contributed by atoms with Crippen molar-refractivity contribution in [3.63, 3.8) is 0 Å². The molecule has 5 nitrogen and oxygen atoms in total. The van der Waals surface area contributed by atoms with E-state index in [1.54, 1.807) is 18.0 Å². The van der Waals surface area contributed by atoms with Gasteiger partial charge in [-0.1, -0.05) is 5.21 Å². The molecular formula is C13H16F2N4O. The van der Waals surface area contributed by atoms with Crippen molar-refractivity contribution in [3.05, 3.63) is 47.3 Å². The van der Waals surface area contributed by atoms with Crippen molar-refractivity contribution in [2.45, 2.75) is 13.1 Å². The summed E-state index contributed by atoms with van der Waals surface area (Å²) in [5.74, 6) is -1.19. The number of rotatable bonds is 7. The minimum Gasteiger partial charge on any atom is -0.383 e. The second-order valence-corrected chi connectivity index (χ2v) is 4.35. The van der Waals surface area contributed by atoms with Gasteiger partial charge in [0, 0.05) is 26.3 Å². The first-order chi connectivity index (χ1) is 9.67. The van der Waals surface area contributed by atoms with Crippen LogP contribution in [0.2, 0.25) is 0 Å². The van der Waals surface area contributed by atoms with Crippen molar-refractivity contribution in [1.29, 1.82) is 0 Å². The van der Waals surface area contributed by atoms with Gasteiger partial charge in [0.05, 0.1) is 25.0 Å². The molecule has 0 aliphatic rings. The van der Waals surface area contributed by atoms with E-state index in [4.69, 9.17) is 4.74 Å². The van der Waals surface area contributed by atoms with Gasteiger partial charge < -0.3 is 10.1 Å². The van der Waals surface area contributed by atoms with Crippen LogP contribution in [0, 0.1) is 11.6 Å². The summed E-state index contributed by atoms with van der Waals surface area (Å²) >= 11 is 0. The Balaban J connectivity index is 1.92. The zero-order valence-corrected chi connectivity index (χ0v) is 11.1. The van der Waals surface area contributed by atoms with Gasteiger partial charge in [-0.2, -0.15) is 0 Å². The number of nitrogens with one attached hydrogen (secondary N) is 1. The van der Waals surface area contributed by atoms with Crippen LogP contribution in [0.5, 0.6) is 0 Å². The van der Waals surface area contributed by atoms with Gasteiger partial charge in [0.15, 0.2) is 0 Å². The van der Waals surface area contributed by atoms with Crippen molar-refractivity contribution >= 4 is 0 Å². The third kappa shape index (κ3) is 4.36. The lowest BCUT2D eigenvalue weighted by molar-refractivity contribution is 0.199. The zero-order chi connectivity index (χ0) is 14.4. The fourth-order valence-corrected chi connectivity index (χ4v) is 1.78. The summed E-state index contributed by atoms with van der Waals surface area (Å²) in [6.07, 6.45) is 1.74. The molecule has 0 saturated heterocycles. The van der Waals surface area contributed by atoms with Gasteiger partial charge >= 0.3 is 0 Å². The first kappa shape index (κ1) is 14.5. The molecule has 0 aliphatic carbocycles. The van der Waals surface area contributed by atoms with E-state index in [0.29, 0.717) is 18.7 Å². The highest BCUT2D eigenvalue weighted by Gasteiger charge is 2.04. The first-order valence-electron chi connectivity index (χ1n) is 6.21. The smallest absolute Gasteiger partial charge is 0.126 e. The van der Waals surface area contributed by atoms with E-state index in [2.05, 4.69) is 15.6 Å². The SMILES string of the molecule is COCCNCc1cn(Cc2cc(F)cc(F)c2)nn1. The maximum absolute atomic E-state index is 13.1. The van der Waals surface area contributed by atoms with Gasteiger partial charge in [0.25, 0.3) is 0 Å². The molecule has 0 atom stereocenters. The Morgan fingerprint density at radius 1 is 1.25 bits per heavy atom. The topological polar surface area (TPSA) is 52.0 Å². The van der Waals surface area contributed by atoms with Gasteiger partial charge in [-0.25, -0.2) is 13.5 Å². The largest absolute Gasteiger partial charge is 0.383 e. The third-order valence-corrected chi connectivity index (χ3v) is 2.64. The van der Waals surface area contributed by atoms with Crippen LogP contribution in [0.25, 0.3) is 0 Å². The minimum atomic E-state index is -0.596. The average molecular weight is 282 g/mol. The lowest BCUT2D eigenvalue weighted by Crippen LogP contribution is -2.18. The molecule has 0 unspecified atom stereocenters. The highest BCUT2D eigenvalue weighted by Crippen LogP contribution is 2.09. The molecule has 2 rings (SSSR count). The maximum Gasteiger partial charge on any atom is 0.126 e. The molecule has 1 aromatic heterocycles. The van der Waals surface area contributed by atoms with Crippen molar-refractivity contribution in [2.24, 2.45) is 0 Å². The molecule has 0 aliphatic heterocycles. The number of nitrogens with zero attached hydrogens (tertiary/aromatic N) is 3. The van der Waals surface area contributed by atoms with Crippen LogP contribution < -0.4 is 5.32 Å². The van der Waals surface area contributed by atoms with Crippen molar-refractivity contribution < 1.29 is 13.5 Å². The van der Waals surface area contributed by atoms with Crippen LogP contribution in [0.15, 0.2) is 24.4 Å². The molecular weight excluding hydrogens is 266 g/mol. The normalized spacial score (nSPS) is 10.9. The second kappa shape index (κ2) is 7.06. The number of ether oxygens (including phenoxy) is 1. The number of aromatic nitrogens is 3. The monoisotopic (exact) mass is 282 g/mol. The third-order valence-electron chi connectivity index (χ3n) is 2.64. The minimum absolute atomic E-state index is 0.278. The Labute approximate surface area is 115 Å². The highest BCUT2D eigenvalue weighted by atomic mass is 19.1. The number of benzene rings is 1. The van der Waals surface area contributed by atoms with E-state index in [1.165, 1.54) is 12.1 Å². The molecule has 1 heterocycles. The molecule has 20 heavy (non-hydrogen) atoms. The van der Waals surface area contributed by atoms with Crippen molar-refractivity contribution in [3.8, 4) is 0 Å². The van der Waals surface area contributed by atoms with E-state index in [-0.39, 0.29) is 6.54 Å². The summed E-state index contributed by atoms with van der Waals surface area (Å²) in [6, 6.07) is 3.40. The summed E-state index contributed by atoms with van der Waals surface area (Å²) in [5.41, 5.74) is 1.27. The highest BCUT2D eigenvalue weighted by molar-refractivity contribution is 5.18. The lowest BCUT2D eigenvalue weighted by Gasteiger charge is -2.02. The van der Waals surface area contributed by atoms with Crippen molar-refractivity contribution in [2.75, 3.05) is 20.3 Å². The molecule has 108 valence electrons. The zero-order valence-electron chi connectivity index (χ0n) is 11.1. The van der Waals surface area contributed by atoms with E-state index in [1.807, 2.05) is 0 Å². The van der Waals surface area contributed by atoms with Gasteiger partial charge in [0.1, 0.15) is 11.6 Å². The van der Waals surface area contributed by atoms with Crippen molar-refractivity contribution in [1.82, 2.24) is 20.3 Å². The Hall–Kier alpha value is -1.86. The van der Waals surface area contributed by atoms with Gasteiger partial charge in [0.2, 0.25) is 0 Å². The van der Waals surface area contributed by atoms with Crippen LogP contribution in [0.4, 0.5) is 8.78 Å². The second-order valence-electron chi connectivity index (χ2n) is 4.35. The number of hydrogen-bond donors (Lipinski definition) is 1. The summed E-state index contributed by atoms with van der Waals surface area (Å²) < 4.78 is 32.6. The molecule has 2 aromatic rings. The number of hydrogen-bond acceptors (Lipinski definition) is 4. The first-order valence-corrected chi connectivity index (χ1v) is 6.21. The Morgan fingerprint density at radius 3 is 2.70 bits per heavy atom. The van der Waals surface area contributed by atoms with Gasteiger partial charge in [-0.05, 0) is 17.7 Å². The van der Waals surface area contributed by atoms with Gasteiger partial charge in [-0.15, -0.1) is 5.10 Å². The van der Waals surface area contributed by atoms with E-state index in [9.17, 15) is 8.78 Å². The molecule has 0 fully saturated rings. The van der Waals surface area contributed by atoms with Crippen LogP contribution in [-0.4, -0.2) is 35.3 Å². The van der Waals surface area contributed by atoms with E-state index < -0.39 is 11.6 Å². The molecule has 1 N–H and O–H groups in total. The lowest BCUT2D eigenvalue weighted by atomic mass is 10.2. The van der Waals surface area contributed by atoms with Crippen LogP contribution in [-0.2, 0) is 17.8 Å². The van der Waals surface area contributed by atoms with Gasteiger partial charge in [-0.3, -0.25) is 0 Å². The quantitative estimate of drug-likeness (QED) is 0.779. The molecule has 0 bridgehead atoms. The predicted molar refractivity (Wildman–Crippen MR) is 69.1 cm³/mol. The average Bonchev–Trinajstić information content (AvgIpc) is 2.81. The molecule has 0 amide bonds. The standard InChI is InChI=1S/C13H16F2N4O/c1-20-3-2-16-7-13-9-19(18-17-13)8-10-4-11(14)6-12(15)5-10/h4-6,9,16H,2-3,7-8H2,1H3. The van der Waals surface area contributed by atoms with Crippen LogP contribution in [0.1, 0.15) is 11.3 Å². The molecule has 0 spiro atoms. The summed E-state index contributed by atoms with van der Waals surface area (Å²) in [5, 5.41) is 11.0. The Kier molecular flexibility index (Phi) is 5.14. The molecule has 1 aromatic carbocycles. The summed E-state index contributed by atoms with van der Waals surface area (Å²) in [4.78, 5) is 0. The maximum atomic E-state index is 13.1.